The fourth-order valence-corrected chi connectivity index (χ4v) is 2.75. The van der Waals surface area contributed by atoms with Crippen LogP contribution < -0.4 is 4.74 Å². The quantitative estimate of drug-likeness (QED) is 0.608. The lowest BCUT2D eigenvalue weighted by Gasteiger charge is -2.14. The summed E-state index contributed by atoms with van der Waals surface area (Å²) < 4.78 is 10.4. The SMILES string of the molecule is COc1ccc(-c2noc(CN(C)C(=O)CCCc3ccccc3)n2)cc1. The summed E-state index contributed by atoms with van der Waals surface area (Å²) in [5, 5.41) is 3.99. The van der Waals surface area contributed by atoms with Crippen molar-refractivity contribution in [1.82, 2.24) is 15.0 Å². The van der Waals surface area contributed by atoms with Gasteiger partial charge in [-0.1, -0.05) is 35.5 Å². The Morgan fingerprint density at radius 2 is 1.85 bits per heavy atom. The van der Waals surface area contributed by atoms with E-state index in [-0.39, 0.29) is 5.91 Å². The third-order valence-electron chi connectivity index (χ3n) is 4.31. The van der Waals surface area contributed by atoms with E-state index in [0.29, 0.717) is 24.7 Å². The fraction of sp³-hybridized carbons (Fsp3) is 0.286. The van der Waals surface area contributed by atoms with Crippen LogP contribution in [0.15, 0.2) is 59.1 Å². The van der Waals surface area contributed by atoms with Gasteiger partial charge in [0.1, 0.15) is 5.75 Å². The standard InChI is InChI=1S/C21H23N3O3/c1-24(20(25)10-6-9-16-7-4-3-5-8-16)15-19-22-21(23-27-19)17-11-13-18(26-2)14-12-17/h3-5,7-8,11-14H,6,9-10,15H2,1-2H3. The molecule has 0 saturated heterocycles. The molecule has 0 unspecified atom stereocenters. The molecular weight excluding hydrogens is 342 g/mol. The lowest BCUT2D eigenvalue weighted by atomic mass is 10.1. The molecule has 6 heteroatoms. The second kappa shape index (κ2) is 8.98. The first-order valence-electron chi connectivity index (χ1n) is 8.90. The molecule has 6 nitrogen and oxygen atoms in total. The molecule has 3 aromatic rings. The molecule has 0 saturated carbocycles. The van der Waals surface area contributed by atoms with Gasteiger partial charge in [0.25, 0.3) is 0 Å². The number of ether oxygens (including phenoxy) is 1. The van der Waals surface area contributed by atoms with Crippen LogP contribution in [-0.2, 0) is 17.8 Å². The summed E-state index contributed by atoms with van der Waals surface area (Å²) in [5.74, 6) is 1.75. The highest BCUT2D eigenvalue weighted by Gasteiger charge is 2.14. The highest BCUT2D eigenvalue weighted by molar-refractivity contribution is 5.75. The highest BCUT2D eigenvalue weighted by atomic mass is 16.5. The Balaban J connectivity index is 1.50. The predicted molar refractivity (Wildman–Crippen MR) is 102 cm³/mol. The second-order valence-electron chi connectivity index (χ2n) is 6.33. The Morgan fingerprint density at radius 3 is 2.56 bits per heavy atom. The number of benzene rings is 2. The molecule has 0 atom stereocenters. The van der Waals surface area contributed by atoms with Crippen molar-refractivity contribution in [1.29, 1.82) is 0 Å². The molecule has 0 aliphatic rings. The van der Waals surface area contributed by atoms with Crippen LogP contribution in [0.5, 0.6) is 5.75 Å². The van der Waals surface area contributed by atoms with E-state index in [2.05, 4.69) is 22.3 Å². The van der Waals surface area contributed by atoms with Crippen LogP contribution in [-0.4, -0.2) is 35.1 Å². The minimum Gasteiger partial charge on any atom is -0.497 e. The van der Waals surface area contributed by atoms with E-state index in [9.17, 15) is 4.79 Å². The molecule has 0 N–H and O–H groups in total. The molecular formula is C21H23N3O3. The molecule has 0 aliphatic heterocycles. The average Bonchev–Trinajstić information content (AvgIpc) is 3.17. The molecule has 0 aliphatic carbocycles. The first-order chi connectivity index (χ1) is 13.2. The van der Waals surface area contributed by atoms with Gasteiger partial charge in [-0.2, -0.15) is 4.98 Å². The van der Waals surface area contributed by atoms with Crippen molar-refractivity contribution in [3.63, 3.8) is 0 Å². The van der Waals surface area contributed by atoms with Gasteiger partial charge in [0.2, 0.25) is 17.6 Å². The maximum atomic E-state index is 12.3. The summed E-state index contributed by atoms with van der Waals surface area (Å²) in [6.45, 7) is 0.299. The molecule has 1 heterocycles. The molecule has 0 fully saturated rings. The van der Waals surface area contributed by atoms with Crippen molar-refractivity contribution >= 4 is 5.91 Å². The molecule has 27 heavy (non-hydrogen) atoms. The highest BCUT2D eigenvalue weighted by Crippen LogP contribution is 2.20. The first kappa shape index (κ1) is 18.6. The molecule has 1 aromatic heterocycles. The van der Waals surface area contributed by atoms with Crippen molar-refractivity contribution in [2.75, 3.05) is 14.2 Å². The molecule has 2 aromatic carbocycles. The number of hydrogen-bond donors (Lipinski definition) is 0. The average molecular weight is 365 g/mol. The van der Waals surface area contributed by atoms with Gasteiger partial charge < -0.3 is 14.2 Å². The number of hydrogen-bond acceptors (Lipinski definition) is 5. The smallest absolute Gasteiger partial charge is 0.246 e. The Bertz CT molecular complexity index is 860. The number of nitrogens with zero attached hydrogens (tertiary/aromatic N) is 3. The molecule has 0 radical (unpaired) electrons. The zero-order chi connectivity index (χ0) is 19.1. The van der Waals surface area contributed by atoms with Crippen molar-refractivity contribution < 1.29 is 14.1 Å². The van der Waals surface area contributed by atoms with E-state index in [4.69, 9.17) is 9.26 Å². The minimum atomic E-state index is 0.0649. The van der Waals surface area contributed by atoms with Gasteiger partial charge in [-0.3, -0.25) is 4.79 Å². The first-order valence-corrected chi connectivity index (χ1v) is 8.90. The van der Waals surface area contributed by atoms with Gasteiger partial charge in [-0.05, 0) is 42.7 Å². The fourth-order valence-electron chi connectivity index (χ4n) is 2.75. The van der Waals surface area contributed by atoms with E-state index >= 15 is 0 Å². The van der Waals surface area contributed by atoms with Crippen molar-refractivity contribution in [2.45, 2.75) is 25.8 Å². The van der Waals surface area contributed by atoms with Gasteiger partial charge in [-0.25, -0.2) is 0 Å². The summed E-state index contributed by atoms with van der Waals surface area (Å²) in [5.41, 5.74) is 2.08. The van der Waals surface area contributed by atoms with Crippen LogP contribution in [0.3, 0.4) is 0 Å². The summed E-state index contributed by atoms with van der Waals surface area (Å²) in [6.07, 6.45) is 2.20. The molecule has 1 amide bonds. The van der Waals surface area contributed by atoms with Crippen LogP contribution in [0, 0.1) is 0 Å². The summed E-state index contributed by atoms with van der Waals surface area (Å²) in [6, 6.07) is 17.6. The third-order valence-corrected chi connectivity index (χ3v) is 4.31. The Kier molecular flexibility index (Phi) is 6.20. The zero-order valence-electron chi connectivity index (χ0n) is 15.6. The van der Waals surface area contributed by atoms with Gasteiger partial charge in [0.15, 0.2) is 0 Å². The van der Waals surface area contributed by atoms with Crippen LogP contribution >= 0.6 is 0 Å². The van der Waals surface area contributed by atoms with Gasteiger partial charge in [0, 0.05) is 19.0 Å². The number of rotatable bonds is 8. The molecule has 0 bridgehead atoms. The third kappa shape index (κ3) is 5.17. The van der Waals surface area contributed by atoms with Crippen LogP contribution in [0.2, 0.25) is 0 Å². The number of aryl methyl sites for hydroxylation is 1. The monoisotopic (exact) mass is 365 g/mol. The second-order valence-corrected chi connectivity index (χ2v) is 6.33. The molecule has 3 rings (SSSR count). The molecule has 0 spiro atoms. The maximum Gasteiger partial charge on any atom is 0.246 e. The maximum absolute atomic E-state index is 12.3. The topological polar surface area (TPSA) is 68.5 Å². The van der Waals surface area contributed by atoms with Gasteiger partial charge in [0.05, 0.1) is 13.7 Å². The van der Waals surface area contributed by atoms with E-state index in [1.807, 2.05) is 42.5 Å². The number of carbonyl (C=O) groups is 1. The number of carbonyl (C=O) groups excluding carboxylic acids is 1. The Labute approximate surface area is 158 Å². The van der Waals surface area contributed by atoms with Crippen molar-refractivity contribution in [3.8, 4) is 17.1 Å². The number of aromatic nitrogens is 2. The van der Waals surface area contributed by atoms with Gasteiger partial charge >= 0.3 is 0 Å². The minimum absolute atomic E-state index is 0.0649. The lowest BCUT2D eigenvalue weighted by molar-refractivity contribution is -0.130. The summed E-state index contributed by atoms with van der Waals surface area (Å²) in [4.78, 5) is 18.3. The number of amides is 1. The predicted octanol–water partition coefficient (Wildman–Crippen LogP) is 3.73. The van der Waals surface area contributed by atoms with Crippen LogP contribution in [0.25, 0.3) is 11.4 Å². The normalized spacial score (nSPS) is 10.6. The van der Waals surface area contributed by atoms with E-state index in [0.717, 1.165) is 24.2 Å². The van der Waals surface area contributed by atoms with Crippen LogP contribution in [0.4, 0.5) is 0 Å². The summed E-state index contributed by atoms with van der Waals surface area (Å²) in [7, 11) is 3.37. The Morgan fingerprint density at radius 1 is 1.11 bits per heavy atom. The van der Waals surface area contributed by atoms with Crippen LogP contribution in [0.1, 0.15) is 24.3 Å². The largest absolute Gasteiger partial charge is 0.497 e. The number of methoxy groups -OCH3 is 1. The van der Waals surface area contributed by atoms with E-state index < -0.39 is 0 Å². The van der Waals surface area contributed by atoms with Gasteiger partial charge in [-0.15, -0.1) is 0 Å². The van der Waals surface area contributed by atoms with Crippen molar-refractivity contribution in [2.24, 2.45) is 0 Å². The summed E-state index contributed by atoms with van der Waals surface area (Å²) >= 11 is 0. The lowest BCUT2D eigenvalue weighted by Crippen LogP contribution is -2.26. The van der Waals surface area contributed by atoms with E-state index in [1.165, 1.54) is 5.56 Å². The van der Waals surface area contributed by atoms with E-state index in [1.54, 1.807) is 19.1 Å². The Hall–Kier alpha value is -3.15. The zero-order valence-corrected chi connectivity index (χ0v) is 15.6. The molecule has 140 valence electrons. The van der Waals surface area contributed by atoms with Crippen molar-refractivity contribution in [3.05, 3.63) is 66.1 Å².